The maximum Gasteiger partial charge on any atom is 0.311 e. The first kappa shape index (κ1) is 11.2. The quantitative estimate of drug-likeness (QED) is 0.601. The van der Waals surface area contributed by atoms with Crippen LogP contribution in [0, 0.1) is 10.1 Å². The van der Waals surface area contributed by atoms with Gasteiger partial charge < -0.3 is 10.5 Å². The van der Waals surface area contributed by atoms with Crippen molar-refractivity contribution in [3.05, 3.63) is 40.0 Å². The molecule has 2 N–H and O–H groups in total. The van der Waals surface area contributed by atoms with Crippen LogP contribution in [0.15, 0.2) is 24.3 Å². The molecule has 0 saturated carbocycles. The van der Waals surface area contributed by atoms with Crippen LogP contribution in [-0.4, -0.2) is 18.6 Å². The number of rotatable bonds is 4. The van der Waals surface area contributed by atoms with Gasteiger partial charge in [0.1, 0.15) is 0 Å². The number of nitrogens with two attached hydrogens (primary N) is 1. The molecule has 80 valence electrons. The van der Waals surface area contributed by atoms with Crippen LogP contribution in [-0.2, 0) is 0 Å². The minimum absolute atomic E-state index is 0.0447. The van der Waals surface area contributed by atoms with Crippen LogP contribution in [0.5, 0.6) is 5.75 Å². The van der Waals surface area contributed by atoms with Crippen molar-refractivity contribution in [2.45, 2.75) is 0 Å². The van der Waals surface area contributed by atoms with E-state index in [-0.39, 0.29) is 11.4 Å². The first-order valence-corrected chi connectivity index (χ1v) is 4.38. The summed E-state index contributed by atoms with van der Waals surface area (Å²) in [7, 11) is 1.40. The standard InChI is InChI=1S/C10H12N2O3/c1-15-10-5-4-8(3-2-6-11)7-9(10)12(13)14/h2-5,7H,6,11H2,1H3/b3-2+. The molecule has 5 heteroatoms. The second-order valence-electron chi connectivity index (χ2n) is 2.83. The monoisotopic (exact) mass is 208 g/mol. The van der Waals surface area contributed by atoms with Crippen LogP contribution in [0.25, 0.3) is 6.08 Å². The SMILES string of the molecule is COc1ccc(/C=C/CN)cc1[N+](=O)[O-]. The summed E-state index contributed by atoms with van der Waals surface area (Å²) in [5.74, 6) is 0.255. The highest BCUT2D eigenvalue weighted by Crippen LogP contribution is 2.27. The lowest BCUT2D eigenvalue weighted by Gasteiger charge is -2.01. The topological polar surface area (TPSA) is 78.4 Å². The number of methoxy groups -OCH3 is 1. The van der Waals surface area contributed by atoms with Crippen molar-refractivity contribution in [3.63, 3.8) is 0 Å². The molecule has 0 saturated heterocycles. The molecule has 0 amide bonds. The van der Waals surface area contributed by atoms with Crippen LogP contribution in [0.4, 0.5) is 5.69 Å². The fourth-order valence-electron chi connectivity index (χ4n) is 1.16. The number of benzene rings is 1. The van der Waals surface area contributed by atoms with Gasteiger partial charge in [0.25, 0.3) is 0 Å². The van der Waals surface area contributed by atoms with E-state index >= 15 is 0 Å². The zero-order valence-electron chi connectivity index (χ0n) is 8.34. The molecule has 0 aliphatic carbocycles. The highest BCUT2D eigenvalue weighted by Gasteiger charge is 2.13. The fraction of sp³-hybridized carbons (Fsp3) is 0.200. The average molecular weight is 208 g/mol. The van der Waals surface area contributed by atoms with Gasteiger partial charge in [-0.3, -0.25) is 10.1 Å². The van der Waals surface area contributed by atoms with Gasteiger partial charge in [0, 0.05) is 12.6 Å². The van der Waals surface area contributed by atoms with Gasteiger partial charge in [0.05, 0.1) is 12.0 Å². The summed E-state index contributed by atoms with van der Waals surface area (Å²) in [6, 6.07) is 4.75. The van der Waals surface area contributed by atoms with E-state index in [0.29, 0.717) is 6.54 Å². The molecule has 0 unspecified atom stereocenters. The van der Waals surface area contributed by atoms with Crippen molar-refractivity contribution in [1.29, 1.82) is 0 Å². The number of hydrogen-bond acceptors (Lipinski definition) is 4. The Kier molecular flexibility index (Phi) is 3.82. The highest BCUT2D eigenvalue weighted by atomic mass is 16.6. The molecule has 0 heterocycles. The van der Waals surface area contributed by atoms with E-state index in [0.717, 1.165) is 5.56 Å². The second-order valence-corrected chi connectivity index (χ2v) is 2.83. The normalized spacial score (nSPS) is 10.5. The Labute approximate surface area is 87.3 Å². The maximum absolute atomic E-state index is 10.7. The maximum atomic E-state index is 10.7. The van der Waals surface area contributed by atoms with Crippen molar-refractivity contribution in [1.82, 2.24) is 0 Å². The number of nitro groups is 1. The van der Waals surface area contributed by atoms with Crippen LogP contribution < -0.4 is 10.5 Å². The molecule has 0 aliphatic heterocycles. The predicted molar refractivity (Wildman–Crippen MR) is 57.7 cm³/mol. The first-order chi connectivity index (χ1) is 7.19. The van der Waals surface area contributed by atoms with E-state index in [1.54, 1.807) is 24.3 Å². The van der Waals surface area contributed by atoms with Gasteiger partial charge in [-0.15, -0.1) is 0 Å². The average Bonchev–Trinajstić information content (AvgIpc) is 2.25. The Morgan fingerprint density at radius 3 is 2.87 bits per heavy atom. The fourth-order valence-corrected chi connectivity index (χ4v) is 1.16. The lowest BCUT2D eigenvalue weighted by molar-refractivity contribution is -0.385. The molecule has 15 heavy (non-hydrogen) atoms. The molecular formula is C10H12N2O3. The van der Waals surface area contributed by atoms with Crippen LogP contribution >= 0.6 is 0 Å². The largest absolute Gasteiger partial charge is 0.490 e. The molecule has 0 spiro atoms. The lowest BCUT2D eigenvalue weighted by Crippen LogP contribution is -1.94. The summed E-state index contributed by atoms with van der Waals surface area (Å²) in [6.07, 6.45) is 3.46. The van der Waals surface area contributed by atoms with Crippen molar-refractivity contribution < 1.29 is 9.66 Å². The molecule has 1 aromatic carbocycles. The van der Waals surface area contributed by atoms with Gasteiger partial charge in [-0.1, -0.05) is 18.2 Å². The van der Waals surface area contributed by atoms with Crippen molar-refractivity contribution in [2.24, 2.45) is 5.73 Å². The smallest absolute Gasteiger partial charge is 0.311 e. The van der Waals surface area contributed by atoms with Crippen molar-refractivity contribution in [2.75, 3.05) is 13.7 Å². The summed E-state index contributed by atoms with van der Waals surface area (Å²) in [6.45, 7) is 0.403. The Morgan fingerprint density at radius 1 is 1.60 bits per heavy atom. The third kappa shape index (κ3) is 2.78. The molecule has 0 bridgehead atoms. The zero-order chi connectivity index (χ0) is 11.3. The first-order valence-electron chi connectivity index (χ1n) is 4.38. The molecular weight excluding hydrogens is 196 g/mol. The molecule has 0 radical (unpaired) electrons. The minimum atomic E-state index is -0.474. The van der Waals surface area contributed by atoms with Gasteiger partial charge in [-0.25, -0.2) is 0 Å². The predicted octanol–water partition coefficient (Wildman–Crippen LogP) is 1.58. The summed E-state index contributed by atoms with van der Waals surface area (Å²) < 4.78 is 4.88. The Morgan fingerprint density at radius 2 is 2.33 bits per heavy atom. The van der Waals surface area contributed by atoms with Crippen molar-refractivity contribution in [3.8, 4) is 5.75 Å². The molecule has 0 fully saturated rings. The number of nitrogens with zero attached hydrogens (tertiary/aromatic N) is 1. The third-order valence-corrected chi connectivity index (χ3v) is 1.85. The second kappa shape index (κ2) is 5.11. The molecule has 1 aromatic rings. The van der Waals surface area contributed by atoms with Crippen LogP contribution in [0.1, 0.15) is 5.56 Å². The molecule has 1 rings (SSSR count). The Bertz CT molecular complexity index is 388. The highest BCUT2D eigenvalue weighted by molar-refractivity contribution is 5.58. The number of ether oxygens (including phenoxy) is 1. The van der Waals surface area contributed by atoms with Gasteiger partial charge in [-0.2, -0.15) is 0 Å². The van der Waals surface area contributed by atoms with Gasteiger partial charge >= 0.3 is 5.69 Å². The summed E-state index contributed by atoms with van der Waals surface area (Å²) in [5, 5.41) is 10.7. The summed E-state index contributed by atoms with van der Waals surface area (Å²) in [5.41, 5.74) is 5.97. The van der Waals surface area contributed by atoms with Crippen LogP contribution in [0.3, 0.4) is 0 Å². The molecule has 0 aliphatic rings. The lowest BCUT2D eigenvalue weighted by atomic mass is 10.1. The van der Waals surface area contributed by atoms with E-state index < -0.39 is 4.92 Å². The van der Waals surface area contributed by atoms with Crippen molar-refractivity contribution >= 4 is 11.8 Å². The van der Waals surface area contributed by atoms with Crippen LogP contribution in [0.2, 0.25) is 0 Å². The van der Waals surface area contributed by atoms with Gasteiger partial charge in [0.15, 0.2) is 5.75 Å². The van der Waals surface area contributed by atoms with Gasteiger partial charge in [0.2, 0.25) is 0 Å². The van der Waals surface area contributed by atoms with E-state index in [1.807, 2.05) is 0 Å². The number of nitro benzene ring substituents is 1. The summed E-state index contributed by atoms with van der Waals surface area (Å²) >= 11 is 0. The number of hydrogen-bond donors (Lipinski definition) is 1. The summed E-state index contributed by atoms with van der Waals surface area (Å²) in [4.78, 5) is 10.2. The molecule has 0 atom stereocenters. The van der Waals surface area contributed by atoms with Gasteiger partial charge in [-0.05, 0) is 11.6 Å². The Balaban J connectivity index is 3.10. The Hall–Kier alpha value is -1.88. The molecule has 5 nitrogen and oxygen atoms in total. The van der Waals surface area contributed by atoms with E-state index in [9.17, 15) is 10.1 Å². The zero-order valence-corrected chi connectivity index (χ0v) is 8.34. The molecule has 0 aromatic heterocycles. The third-order valence-electron chi connectivity index (χ3n) is 1.85. The van der Waals surface area contributed by atoms with E-state index in [4.69, 9.17) is 10.5 Å². The minimum Gasteiger partial charge on any atom is -0.490 e. The van der Waals surface area contributed by atoms with E-state index in [1.165, 1.54) is 13.2 Å². The van der Waals surface area contributed by atoms with E-state index in [2.05, 4.69) is 0 Å².